The molecule has 0 bridgehead atoms. The van der Waals surface area contributed by atoms with Gasteiger partial charge in [0.2, 0.25) is 0 Å². The van der Waals surface area contributed by atoms with E-state index < -0.39 is 10.0 Å². The number of hydrogen-bond donors (Lipinski definition) is 1. The minimum atomic E-state index is -3.73. The highest BCUT2D eigenvalue weighted by atomic mass is 32.2. The number of aryl methyl sites for hydroxylation is 2. The summed E-state index contributed by atoms with van der Waals surface area (Å²) >= 11 is 1.28. The maximum atomic E-state index is 12.5. The van der Waals surface area contributed by atoms with Crippen molar-refractivity contribution in [2.45, 2.75) is 18.7 Å². The molecule has 1 N–H and O–H groups in total. The van der Waals surface area contributed by atoms with Crippen LogP contribution in [0.2, 0.25) is 0 Å². The Morgan fingerprint density at radius 2 is 1.76 bits per heavy atom. The van der Waals surface area contributed by atoms with Crippen LogP contribution in [0.3, 0.4) is 0 Å². The number of sulfonamides is 1. The second kappa shape index (κ2) is 5.90. The van der Waals surface area contributed by atoms with E-state index in [4.69, 9.17) is 9.47 Å². The van der Waals surface area contributed by atoms with Crippen molar-refractivity contribution in [1.82, 2.24) is 4.98 Å². The number of anilines is 1. The summed E-state index contributed by atoms with van der Waals surface area (Å²) in [4.78, 5) is 5.06. The van der Waals surface area contributed by atoms with Crippen molar-refractivity contribution in [3.8, 4) is 11.5 Å². The van der Waals surface area contributed by atoms with Gasteiger partial charge < -0.3 is 9.47 Å². The zero-order valence-corrected chi connectivity index (χ0v) is 13.8. The molecule has 2 aromatic rings. The predicted molar refractivity (Wildman–Crippen MR) is 81.9 cm³/mol. The third kappa shape index (κ3) is 3.27. The topological polar surface area (TPSA) is 77.5 Å². The maximum Gasteiger partial charge on any atom is 0.264 e. The molecule has 1 aromatic carbocycles. The molecule has 0 spiro atoms. The molecule has 8 heteroatoms. The fraction of sp³-hybridized carbons (Fsp3) is 0.308. The average Bonchev–Trinajstić information content (AvgIpc) is 2.82. The van der Waals surface area contributed by atoms with Gasteiger partial charge in [-0.15, -0.1) is 11.3 Å². The zero-order valence-electron chi connectivity index (χ0n) is 12.1. The van der Waals surface area contributed by atoms with Crippen LogP contribution in [0.5, 0.6) is 11.5 Å². The van der Waals surface area contributed by atoms with Crippen molar-refractivity contribution in [3.63, 3.8) is 0 Å². The lowest BCUT2D eigenvalue weighted by Gasteiger charge is -2.13. The second-order valence-electron chi connectivity index (χ2n) is 4.35. The number of methoxy groups -OCH3 is 2. The van der Waals surface area contributed by atoms with E-state index in [1.165, 1.54) is 31.6 Å². The van der Waals surface area contributed by atoms with Crippen LogP contribution in [0.4, 0.5) is 5.13 Å². The lowest BCUT2D eigenvalue weighted by Crippen LogP contribution is -2.14. The van der Waals surface area contributed by atoms with Gasteiger partial charge in [-0.2, -0.15) is 0 Å². The average molecular weight is 328 g/mol. The molecule has 0 fully saturated rings. The standard InChI is InChI=1S/C13H16N2O4S2/c1-8-5-10(18-3)11(19-4)6-12(8)21(16,17)15-13-14-7-9(2)20-13/h5-7H,1-4H3,(H,14,15). The summed E-state index contributed by atoms with van der Waals surface area (Å²) in [7, 11) is -0.764. The first-order valence-electron chi connectivity index (χ1n) is 6.05. The number of ether oxygens (including phenoxy) is 2. The number of nitrogens with one attached hydrogen (secondary N) is 1. The summed E-state index contributed by atoms with van der Waals surface area (Å²) in [6.45, 7) is 3.56. The van der Waals surface area contributed by atoms with Gasteiger partial charge in [0.15, 0.2) is 16.6 Å². The molecule has 114 valence electrons. The van der Waals surface area contributed by atoms with Crippen LogP contribution in [0, 0.1) is 13.8 Å². The van der Waals surface area contributed by atoms with Crippen molar-refractivity contribution in [2.24, 2.45) is 0 Å². The summed E-state index contributed by atoms with van der Waals surface area (Å²) in [5, 5.41) is 0.335. The van der Waals surface area contributed by atoms with Gasteiger partial charge in [0, 0.05) is 17.1 Å². The minimum Gasteiger partial charge on any atom is -0.493 e. The lowest BCUT2D eigenvalue weighted by atomic mass is 10.2. The molecular weight excluding hydrogens is 312 g/mol. The summed E-state index contributed by atoms with van der Waals surface area (Å²) in [5.41, 5.74) is 0.563. The Bertz CT molecular complexity index is 754. The van der Waals surface area contributed by atoms with Gasteiger partial charge in [0.05, 0.1) is 19.1 Å². The van der Waals surface area contributed by atoms with Crippen molar-refractivity contribution < 1.29 is 17.9 Å². The van der Waals surface area contributed by atoms with Crippen molar-refractivity contribution in [3.05, 3.63) is 28.8 Å². The number of thiazole rings is 1. The largest absolute Gasteiger partial charge is 0.493 e. The van der Waals surface area contributed by atoms with Gasteiger partial charge in [-0.3, -0.25) is 4.72 Å². The molecular formula is C13H16N2O4S2. The van der Waals surface area contributed by atoms with Crippen LogP contribution < -0.4 is 14.2 Å². The zero-order chi connectivity index (χ0) is 15.6. The van der Waals surface area contributed by atoms with E-state index in [0.717, 1.165) is 4.88 Å². The van der Waals surface area contributed by atoms with Gasteiger partial charge in [0.1, 0.15) is 0 Å². The Morgan fingerprint density at radius 1 is 1.14 bits per heavy atom. The third-order valence-corrected chi connectivity index (χ3v) is 5.25. The number of aromatic nitrogens is 1. The molecule has 0 radical (unpaired) electrons. The second-order valence-corrected chi connectivity index (χ2v) is 7.24. The maximum absolute atomic E-state index is 12.5. The number of hydrogen-bond acceptors (Lipinski definition) is 6. The SMILES string of the molecule is COc1cc(C)c(S(=O)(=O)Nc2ncc(C)s2)cc1OC. The Kier molecular flexibility index (Phi) is 4.38. The fourth-order valence-corrected chi connectivity index (χ4v) is 3.97. The van der Waals surface area contributed by atoms with Crippen LogP contribution in [0.25, 0.3) is 0 Å². The molecule has 1 heterocycles. The highest BCUT2D eigenvalue weighted by molar-refractivity contribution is 7.93. The van der Waals surface area contributed by atoms with E-state index in [-0.39, 0.29) is 4.90 Å². The summed E-state index contributed by atoms with van der Waals surface area (Å²) in [6.07, 6.45) is 1.62. The van der Waals surface area contributed by atoms with E-state index in [9.17, 15) is 8.42 Å². The van der Waals surface area contributed by atoms with Crippen LogP contribution in [0.1, 0.15) is 10.4 Å². The van der Waals surface area contributed by atoms with E-state index in [0.29, 0.717) is 22.2 Å². The van der Waals surface area contributed by atoms with Crippen LogP contribution >= 0.6 is 11.3 Å². The molecule has 0 unspecified atom stereocenters. The smallest absolute Gasteiger partial charge is 0.264 e. The quantitative estimate of drug-likeness (QED) is 0.913. The molecule has 0 aliphatic heterocycles. The van der Waals surface area contributed by atoms with E-state index in [2.05, 4.69) is 9.71 Å². The van der Waals surface area contributed by atoms with E-state index >= 15 is 0 Å². The van der Waals surface area contributed by atoms with Crippen LogP contribution in [0.15, 0.2) is 23.2 Å². The normalized spacial score (nSPS) is 11.2. The predicted octanol–water partition coefficient (Wildman–Crippen LogP) is 2.58. The molecule has 6 nitrogen and oxygen atoms in total. The summed E-state index contributed by atoms with van der Waals surface area (Å²) < 4.78 is 37.7. The molecule has 0 saturated carbocycles. The highest BCUT2D eigenvalue weighted by Crippen LogP contribution is 2.33. The van der Waals surface area contributed by atoms with Gasteiger partial charge in [-0.25, -0.2) is 13.4 Å². The molecule has 1 aromatic heterocycles. The van der Waals surface area contributed by atoms with Crippen LogP contribution in [-0.4, -0.2) is 27.6 Å². The molecule has 2 rings (SSSR count). The number of benzene rings is 1. The molecule has 0 atom stereocenters. The molecule has 0 aliphatic carbocycles. The van der Waals surface area contributed by atoms with Crippen molar-refractivity contribution in [1.29, 1.82) is 0 Å². The van der Waals surface area contributed by atoms with Crippen molar-refractivity contribution in [2.75, 3.05) is 18.9 Å². The Morgan fingerprint density at radius 3 is 2.29 bits per heavy atom. The fourth-order valence-electron chi connectivity index (χ4n) is 1.82. The third-order valence-electron chi connectivity index (χ3n) is 2.81. The number of rotatable bonds is 5. The van der Waals surface area contributed by atoms with Crippen molar-refractivity contribution >= 4 is 26.5 Å². The highest BCUT2D eigenvalue weighted by Gasteiger charge is 2.21. The first kappa shape index (κ1) is 15.6. The minimum absolute atomic E-state index is 0.132. The molecule has 0 amide bonds. The molecule has 0 aliphatic rings. The van der Waals surface area contributed by atoms with Gasteiger partial charge in [-0.05, 0) is 25.5 Å². The molecule has 21 heavy (non-hydrogen) atoms. The van der Waals surface area contributed by atoms with Crippen LogP contribution in [-0.2, 0) is 10.0 Å². The summed E-state index contributed by atoms with van der Waals surface area (Å²) in [6, 6.07) is 3.07. The Balaban J connectivity index is 2.44. The Labute approximate surface area is 127 Å². The number of nitrogens with zero attached hydrogens (tertiary/aromatic N) is 1. The first-order chi connectivity index (χ1) is 9.87. The van der Waals surface area contributed by atoms with E-state index in [1.807, 2.05) is 6.92 Å². The Hall–Kier alpha value is -1.80. The van der Waals surface area contributed by atoms with E-state index in [1.54, 1.807) is 19.2 Å². The lowest BCUT2D eigenvalue weighted by molar-refractivity contribution is 0.353. The molecule has 0 saturated heterocycles. The monoisotopic (exact) mass is 328 g/mol. The van der Waals surface area contributed by atoms with Gasteiger partial charge in [-0.1, -0.05) is 0 Å². The van der Waals surface area contributed by atoms with Gasteiger partial charge in [0.25, 0.3) is 10.0 Å². The van der Waals surface area contributed by atoms with Gasteiger partial charge >= 0.3 is 0 Å². The first-order valence-corrected chi connectivity index (χ1v) is 8.35. The summed E-state index contributed by atoms with van der Waals surface area (Å²) in [5.74, 6) is 0.845.